The van der Waals surface area contributed by atoms with Crippen molar-refractivity contribution >= 4 is 17.6 Å². The molecule has 0 aromatic rings. The molecule has 0 radical (unpaired) electrons. The summed E-state index contributed by atoms with van der Waals surface area (Å²) in [5.74, 6) is 2.56. The van der Waals surface area contributed by atoms with Crippen LogP contribution in [0.25, 0.3) is 0 Å². The van der Waals surface area contributed by atoms with Crippen molar-refractivity contribution in [2.75, 3.05) is 25.1 Å². The third-order valence-electron chi connectivity index (χ3n) is 2.48. The van der Waals surface area contributed by atoms with Gasteiger partial charge in [-0.2, -0.15) is 11.8 Å². The molecule has 0 bridgehead atoms. The molecular formula is C11H22N2S. The highest BCUT2D eigenvalue weighted by Crippen LogP contribution is 2.05. The first kappa shape index (κ1) is 11.9. The van der Waals surface area contributed by atoms with Crippen LogP contribution in [0.3, 0.4) is 0 Å². The summed E-state index contributed by atoms with van der Waals surface area (Å²) in [7, 11) is 0. The predicted molar refractivity (Wildman–Crippen MR) is 66.4 cm³/mol. The van der Waals surface area contributed by atoms with E-state index in [1.165, 1.54) is 50.1 Å². The Labute approximate surface area is 92.0 Å². The number of thioether (sulfide) groups is 1. The average Bonchev–Trinajstić information content (AvgIpc) is 2.69. The first-order valence-corrected chi connectivity index (χ1v) is 7.09. The molecule has 1 aliphatic rings. The highest BCUT2D eigenvalue weighted by Gasteiger charge is 2.03. The summed E-state index contributed by atoms with van der Waals surface area (Å²) in [6, 6.07) is 0. The highest BCUT2D eigenvalue weighted by atomic mass is 32.2. The van der Waals surface area contributed by atoms with Crippen LogP contribution in [-0.2, 0) is 0 Å². The van der Waals surface area contributed by atoms with E-state index in [0.717, 1.165) is 13.1 Å². The van der Waals surface area contributed by atoms with Crippen LogP contribution in [0, 0.1) is 0 Å². The molecule has 1 rings (SSSR count). The molecule has 1 heterocycles. The number of rotatable bonds is 7. The molecule has 82 valence electrons. The number of unbranched alkanes of at least 4 members (excludes halogenated alkanes) is 3. The van der Waals surface area contributed by atoms with Gasteiger partial charge in [0.2, 0.25) is 0 Å². The molecule has 0 saturated carbocycles. The van der Waals surface area contributed by atoms with Crippen LogP contribution in [0.4, 0.5) is 0 Å². The molecule has 1 N–H and O–H groups in total. The molecule has 3 heteroatoms. The zero-order valence-electron chi connectivity index (χ0n) is 9.22. The molecule has 0 aromatic heterocycles. The standard InChI is InChI=1S/C11H22N2S/c1-14-10-5-3-2-4-8-12-11-7-6-9-13-11/h2-10H2,1H3,(H,12,13). The Morgan fingerprint density at radius 3 is 2.86 bits per heavy atom. The van der Waals surface area contributed by atoms with Crippen molar-refractivity contribution in [3.05, 3.63) is 0 Å². The Morgan fingerprint density at radius 1 is 1.29 bits per heavy atom. The Bertz CT molecular complexity index is 169. The van der Waals surface area contributed by atoms with Gasteiger partial charge < -0.3 is 5.32 Å². The fourth-order valence-electron chi connectivity index (χ4n) is 1.64. The molecule has 14 heavy (non-hydrogen) atoms. The molecule has 0 atom stereocenters. The van der Waals surface area contributed by atoms with Gasteiger partial charge >= 0.3 is 0 Å². The molecule has 0 saturated heterocycles. The molecule has 0 unspecified atom stereocenters. The number of amidine groups is 1. The zero-order valence-corrected chi connectivity index (χ0v) is 10.0. The number of aliphatic imine (C=N–C) groups is 1. The van der Waals surface area contributed by atoms with Crippen molar-refractivity contribution in [3.8, 4) is 0 Å². The van der Waals surface area contributed by atoms with E-state index in [-0.39, 0.29) is 0 Å². The lowest BCUT2D eigenvalue weighted by molar-refractivity contribution is 0.655. The molecule has 0 fully saturated rings. The smallest absolute Gasteiger partial charge is 0.0963 e. The van der Waals surface area contributed by atoms with Crippen LogP contribution in [0.1, 0.15) is 38.5 Å². The Morgan fingerprint density at radius 2 is 2.14 bits per heavy atom. The van der Waals surface area contributed by atoms with Gasteiger partial charge in [-0.1, -0.05) is 12.8 Å². The maximum Gasteiger partial charge on any atom is 0.0963 e. The molecule has 0 aromatic carbocycles. The lowest BCUT2D eigenvalue weighted by atomic mass is 10.2. The van der Waals surface area contributed by atoms with Crippen molar-refractivity contribution in [1.29, 1.82) is 0 Å². The van der Waals surface area contributed by atoms with Crippen LogP contribution in [0.2, 0.25) is 0 Å². The second-order valence-corrected chi connectivity index (χ2v) is 4.75. The van der Waals surface area contributed by atoms with Crippen LogP contribution >= 0.6 is 11.8 Å². The summed E-state index contributed by atoms with van der Waals surface area (Å²) in [5.41, 5.74) is 0. The second kappa shape index (κ2) is 8.16. The van der Waals surface area contributed by atoms with Crippen LogP contribution in [0.5, 0.6) is 0 Å². The van der Waals surface area contributed by atoms with E-state index >= 15 is 0 Å². The third-order valence-corrected chi connectivity index (χ3v) is 3.18. The largest absolute Gasteiger partial charge is 0.374 e. The SMILES string of the molecule is CSCCCCCCNC1=NCCC1. The minimum atomic E-state index is 1.04. The summed E-state index contributed by atoms with van der Waals surface area (Å²) >= 11 is 1.95. The molecule has 0 aliphatic carbocycles. The fourth-order valence-corrected chi connectivity index (χ4v) is 2.13. The fraction of sp³-hybridized carbons (Fsp3) is 0.909. The van der Waals surface area contributed by atoms with E-state index in [1.54, 1.807) is 0 Å². The first-order valence-electron chi connectivity index (χ1n) is 5.69. The van der Waals surface area contributed by atoms with E-state index in [1.807, 2.05) is 11.8 Å². The number of hydrogen-bond acceptors (Lipinski definition) is 3. The molecule has 0 amide bonds. The Kier molecular flexibility index (Phi) is 6.93. The van der Waals surface area contributed by atoms with Gasteiger partial charge in [0.1, 0.15) is 0 Å². The third kappa shape index (κ3) is 5.53. The molecule has 1 aliphatic heterocycles. The number of nitrogens with zero attached hydrogens (tertiary/aromatic N) is 1. The Hall–Kier alpha value is -0.180. The minimum Gasteiger partial charge on any atom is -0.374 e. The van der Waals surface area contributed by atoms with Crippen LogP contribution in [0.15, 0.2) is 4.99 Å². The second-order valence-electron chi connectivity index (χ2n) is 3.77. The van der Waals surface area contributed by atoms with Crippen molar-refractivity contribution in [2.45, 2.75) is 38.5 Å². The van der Waals surface area contributed by atoms with E-state index in [4.69, 9.17) is 0 Å². The lowest BCUT2D eigenvalue weighted by Crippen LogP contribution is -2.22. The maximum atomic E-state index is 4.39. The monoisotopic (exact) mass is 214 g/mol. The van der Waals surface area contributed by atoms with Crippen LogP contribution in [-0.4, -0.2) is 30.9 Å². The van der Waals surface area contributed by atoms with E-state index in [2.05, 4.69) is 16.6 Å². The summed E-state index contributed by atoms with van der Waals surface area (Å²) in [5, 5.41) is 3.42. The lowest BCUT2D eigenvalue weighted by Gasteiger charge is -2.04. The van der Waals surface area contributed by atoms with Gasteiger partial charge in [0.25, 0.3) is 0 Å². The summed E-state index contributed by atoms with van der Waals surface area (Å²) < 4.78 is 0. The van der Waals surface area contributed by atoms with E-state index < -0.39 is 0 Å². The topological polar surface area (TPSA) is 24.4 Å². The summed E-state index contributed by atoms with van der Waals surface area (Å²) in [4.78, 5) is 4.39. The number of nitrogens with one attached hydrogen (secondary N) is 1. The quantitative estimate of drug-likeness (QED) is 0.659. The van der Waals surface area contributed by atoms with Gasteiger partial charge in [-0.05, 0) is 31.3 Å². The van der Waals surface area contributed by atoms with Gasteiger partial charge in [-0.15, -0.1) is 0 Å². The van der Waals surface area contributed by atoms with E-state index in [0.29, 0.717) is 0 Å². The van der Waals surface area contributed by atoms with Gasteiger partial charge in [0.15, 0.2) is 0 Å². The maximum absolute atomic E-state index is 4.39. The highest BCUT2D eigenvalue weighted by molar-refractivity contribution is 7.98. The van der Waals surface area contributed by atoms with E-state index in [9.17, 15) is 0 Å². The summed E-state index contributed by atoms with van der Waals surface area (Å²) in [6.45, 7) is 2.16. The number of hydrogen-bond donors (Lipinski definition) is 1. The molecule has 0 spiro atoms. The first-order chi connectivity index (χ1) is 6.93. The molecule has 2 nitrogen and oxygen atoms in total. The normalized spacial score (nSPS) is 15.6. The molecular weight excluding hydrogens is 192 g/mol. The zero-order chi connectivity index (χ0) is 10.1. The van der Waals surface area contributed by atoms with Crippen molar-refractivity contribution in [2.24, 2.45) is 4.99 Å². The van der Waals surface area contributed by atoms with Crippen molar-refractivity contribution in [1.82, 2.24) is 5.32 Å². The van der Waals surface area contributed by atoms with Crippen LogP contribution < -0.4 is 5.32 Å². The van der Waals surface area contributed by atoms with Crippen molar-refractivity contribution < 1.29 is 0 Å². The predicted octanol–water partition coefficient (Wildman–Crippen LogP) is 2.69. The Balaban J connectivity index is 1.80. The van der Waals surface area contributed by atoms with Gasteiger partial charge in [-0.25, -0.2) is 0 Å². The minimum absolute atomic E-state index is 1.04. The van der Waals surface area contributed by atoms with Gasteiger partial charge in [0.05, 0.1) is 5.84 Å². The van der Waals surface area contributed by atoms with Gasteiger partial charge in [-0.3, -0.25) is 4.99 Å². The average molecular weight is 214 g/mol. The van der Waals surface area contributed by atoms with Gasteiger partial charge in [0, 0.05) is 19.5 Å². The summed E-state index contributed by atoms with van der Waals surface area (Å²) in [6.07, 6.45) is 10.0. The van der Waals surface area contributed by atoms with Crippen molar-refractivity contribution in [3.63, 3.8) is 0 Å².